The van der Waals surface area contributed by atoms with Gasteiger partial charge in [-0.05, 0) is 30.0 Å². The molecular formula is C17H17FO. The van der Waals surface area contributed by atoms with E-state index in [-0.39, 0.29) is 17.5 Å². The summed E-state index contributed by atoms with van der Waals surface area (Å²) in [6.45, 7) is 2.05. The normalized spacial score (nSPS) is 12.1. The molecule has 0 saturated heterocycles. The fourth-order valence-electron chi connectivity index (χ4n) is 2.20. The Morgan fingerprint density at radius 3 is 2.26 bits per heavy atom. The third-order valence-corrected chi connectivity index (χ3v) is 3.36. The lowest BCUT2D eigenvalue weighted by Crippen LogP contribution is -2.07. The summed E-state index contributed by atoms with van der Waals surface area (Å²) in [6.07, 6.45) is 1.33. The number of carbonyl (C=O) groups is 1. The van der Waals surface area contributed by atoms with E-state index in [2.05, 4.69) is 0 Å². The first-order valence-electron chi connectivity index (χ1n) is 6.54. The molecule has 0 aromatic heterocycles. The molecule has 0 aliphatic carbocycles. The van der Waals surface area contributed by atoms with Crippen molar-refractivity contribution in [3.8, 4) is 0 Å². The summed E-state index contributed by atoms with van der Waals surface area (Å²) >= 11 is 0. The van der Waals surface area contributed by atoms with Gasteiger partial charge in [-0.1, -0.05) is 49.4 Å². The van der Waals surface area contributed by atoms with Crippen LogP contribution < -0.4 is 0 Å². The van der Waals surface area contributed by atoms with Crippen LogP contribution in [-0.4, -0.2) is 5.78 Å². The van der Waals surface area contributed by atoms with Gasteiger partial charge in [-0.15, -0.1) is 0 Å². The molecule has 2 rings (SSSR count). The van der Waals surface area contributed by atoms with E-state index in [0.717, 1.165) is 17.5 Å². The zero-order valence-electron chi connectivity index (χ0n) is 11.0. The third-order valence-electron chi connectivity index (χ3n) is 3.36. The van der Waals surface area contributed by atoms with Gasteiger partial charge in [0, 0.05) is 12.0 Å². The molecule has 1 nitrogen and oxygen atoms in total. The van der Waals surface area contributed by atoms with Gasteiger partial charge in [-0.25, -0.2) is 4.39 Å². The van der Waals surface area contributed by atoms with Crippen LogP contribution >= 0.6 is 0 Å². The van der Waals surface area contributed by atoms with Gasteiger partial charge in [0.25, 0.3) is 0 Å². The molecule has 0 spiro atoms. The number of carbonyl (C=O) groups excluding carboxylic acids is 1. The lowest BCUT2D eigenvalue weighted by Gasteiger charge is -2.14. The standard InChI is InChI=1S/C17H17FO/c1-2-13(14-8-10-16(18)11-9-14)12-17(19)15-6-4-3-5-7-15/h3-11,13H,2,12H2,1H3/t13-/m0/s1. The maximum absolute atomic E-state index is 12.9. The van der Waals surface area contributed by atoms with E-state index in [1.54, 1.807) is 12.1 Å². The molecule has 0 heterocycles. The van der Waals surface area contributed by atoms with Crippen molar-refractivity contribution in [2.24, 2.45) is 0 Å². The average molecular weight is 256 g/mol. The molecule has 0 fully saturated rings. The largest absolute Gasteiger partial charge is 0.294 e. The Balaban J connectivity index is 2.11. The van der Waals surface area contributed by atoms with Crippen molar-refractivity contribution in [1.82, 2.24) is 0 Å². The number of benzene rings is 2. The smallest absolute Gasteiger partial charge is 0.163 e. The zero-order valence-corrected chi connectivity index (χ0v) is 11.0. The molecule has 2 aromatic rings. The molecule has 0 bridgehead atoms. The lowest BCUT2D eigenvalue weighted by atomic mass is 9.89. The molecule has 2 heteroatoms. The number of Topliss-reactive ketones (excluding diaryl/α,β-unsaturated/α-hetero) is 1. The SMILES string of the molecule is CC[C@@H](CC(=O)c1ccccc1)c1ccc(F)cc1. The Morgan fingerprint density at radius 2 is 1.68 bits per heavy atom. The van der Waals surface area contributed by atoms with Crippen molar-refractivity contribution in [2.75, 3.05) is 0 Å². The van der Waals surface area contributed by atoms with E-state index >= 15 is 0 Å². The van der Waals surface area contributed by atoms with E-state index in [9.17, 15) is 9.18 Å². The average Bonchev–Trinajstić information content (AvgIpc) is 2.46. The van der Waals surface area contributed by atoms with E-state index < -0.39 is 0 Å². The first-order valence-corrected chi connectivity index (χ1v) is 6.54. The highest BCUT2D eigenvalue weighted by Crippen LogP contribution is 2.25. The highest BCUT2D eigenvalue weighted by molar-refractivity contribution is 5.96. The summed E-state index contributed by atoms with van der Waals surface area (Å²) in [6, 6.07) is 15.7. The summed E-state index contributed by atoms with van der Waals surface area (Å²) < 4.78 is 12.9. The summed E-state index contributed by atoms with van der Waals surface area (Å²) in [4.78, 5) is 12.2. The van der Waals surface area contributed by atoms with Crippen LogP contribution in [0.5, 0.6) is 0 Å². The predicted molar refractivity (Wildman–Crippen MR) is 74.8 cm³/mol. The van der Waals surface area contributed by atoms with Gasteiger partial charge in [0.1, 0.15) is 5.82 Å². The molecule has 0 amide bonds. The summed E-state index contributed by atoms with van der Waals surface area (Å²) in [7, 11) is 0. The molecule has 0 saturated carbocycles. The first kappa shape index (κ1) is 13.5. The molecule has 98 valence electrons. The van der Waals surface area contributed by atoms with Crippen molar-refractivity contribution in [3.05, 3.63) is 71.5 Å². The van der Waals surface area contributed by atoms with Crippen LogP contribution in [0.1, 0.15) is 41.6 Å². The topological polar surface area (TPSA) is 17.1 Å². The second kappa shape index (κ2) is 6.28. The Kier molecular flexibility index (Phi) is 4.45. The van der Waals surface area contributed by atoms with Gasteiger partial charge in [-0.3, -0.25) is 4.79 Å². The lowest BCUT2D eigenvalue weighted by molar-refractivity contribution is 0.0973. The van der Waals surface area contributed by atoms with E-state index in [1.165, 1.54) is 12.1 Å². The Labute approximate surface area is 113 Å². The third kappa shape index (κ3) is 3.50. The minimum absolute atomic E-state index is 0.136. The van der Waals surface area contributed by atoms with Crippen molar-refractivity contribution in [3.63, 3.8) is 0 Å². The zero-order chi connectivity index (χ0) is 13.7. The summed E-state index contributed by atoms with van der Waals surface area (Å²) in [5, 5.41) is 0. The molecule has 2 aromatic carbocycles. The maximum atomic E-state index is 12.9. The molecule has 0 aliphatic heterocycles. The quantitative estimate of drug-likeness (QED) is 0.715. The minimum Gasteiger partial charge on any atom is -0.294 e. The van der Waals surface area contributed by atoms with Gasteiger partial charge in [0.2, 0.25) is 0 Å². The molecule has 19 heavy (non-hydrogen) atoms. The van der Waals surface area contributed by atoms with Crippen LogP contribution in [0.25, 0.3) is 0 Å². The first-order chi connectivity index (χ1) is 9.20. The van der Waals surface area contributed by atoms with E-state index in [0.29, 0.717) is 6.42 Å². The van der Waals surface area contributed by atoms with Crippen molar-refractivity contribution in [2.45, 2.75) is 25.7 Å². The van der Waals surface area contributed by atoms with Crippen LogP contribution in [0.2, 0.25) is 0 Å². The highest BCUT2D eigenvalue weighted by atomic mass is 19.1. The number of ketones is 1. The molecular weight excluding hydrogens is 239 g/mol. The summed E-state index contributed by atoms with van der Waals surface area (Å²) in [5.41, 5.74) is 1.76. The summed E-state index contributed by atoms with van der Waals surface area (Å²) in [5.74, 6) is 0.0399. The van der Waals surface area contributed by atoms with Gasteiger partial charge in [-0.2, -0.15) is 0 Å². The van der Waals surface area contributed by atoms with Gasteiger partial charge in [0.15, 0.2) is 5.78 Å². The second-order valence-electron chi connectivity index (χ2n) is 4.65. The second-order valence-corrected chi connectivity index (χ2v) is 4.65. The van der Waals surface area contributed by atoms with Crippen molar-refractivity contribution in [1.29, 1.82) is 0 Å². The Morgan fingerprint density at radius 1 is 1.05 bits per heavy atom. The van der Waals surface area contributed by atoms with Crippen LogP contribution in [0.4, 0.5) is 4.39 Å². The molecule has 0 radical (unpaired) electrons. The minimum atomic E-state index is -0.243. The van der Waals surface area contributed by atoms with Crippen LogP contribution in [-0.2, 0) is 0 Å². The van der Waals surface area contributed by atoms with Crippen molar-refractivity contribution < 1.29 is 9.18 Å². The number of rotatable bonds is 5. The Hall–Kier alpha value is -1.96. The van der Waals surface area contributed by atoms with Crippen LogP contribution in [0.15, 0.2) is 54.6 Å². The molecule has 1 atom stereocenters. The number of halogens is 1. The van der Waals surface area contributed by atoms with Gasteiger partial charge in [0.05, 0.1) is 0 Å². The monoisotopic (exact) mass is 256 g/mol. The molecule has 0 unspecified atom stereocenters. The van der Waals surface area contributed by atoms with E-state index in [4.69, 9.17) is 0 Å². The van der Waals surface area contributed by atoms with Crippen molar-refractivity contribution >= 4 is 5.78 Å². The van der Waals surface area contributed by atoms with Gasteiger partial charge < -0.3 is 0 Å². The van der Waals surface area contributed by atoms with Crippen LogP contribution in [0.3, 0.4) is 0 Å². The molecule has 0 aliphatic rings. The fraction of sp³-hybridized carbons (Fsp3) is 0.235. The van der Waals surface area contributed by atoms with Gasteiger partial charge >= 0.3 is 0 Å². The van der Waals surface area contributed by atoms with Crippen LogP contribution in [0, 0.1) is 5.82 Å². The Bertz CT molecular complexity index is 531. The fourth-order valence-corrected chi connectivity index (χ4v) is 2.20. The number of hydrogen-bond acceptors (Lipinski definition) is 1. The highest BCUT2D eigenvalue weighted by Gasteiger charge is 2.15. The number of hydrogen-bond donors (Lipinski definition) is 0. The predicted octanol–water partition coefficient (Wildman–Crippen LogP) is 4.59. The molecule has 0 N–H and O–H groups in total. The van der Waals surface area contributed by atoms with E-state index in [1.807, 2.05) is 37.3 Å². The maximum Gasteiger partial charge on any atom is 0.163 e.